The van der Waals surface area contributed by atoms with Crippen LogP contribution in [0.5, 0.6) is 0 Å². The molecule has 0 saturated carbocycles. The van der Waals surface area contributed by atoms with Crippen LogP contribution in [0.25, 0.3) is 0 Å². The largest absolute Gasteiger partial charge is 0.358 e. The molecule has 0 amide bonds. The van der Waals surface area contributed by atoms with Crippen LogP contribution < -0.4 is 0 Å². The molecule has 0 saturated heterocycles. The zero-order valence-corrected chi connectivity index (χ0v) is 21.6. The van der Waals surface area contributed by atoms with Crippen LogP contribution in [0, 0.1) is 43.6 Å². The molecule has 0 spiro atoms. The van der Waals surface area contributed by atoms with E-state index in [-0.39, 0.29) is 95.1 Å². The maximum Gasteiger partial charge on any atom is 0 e. The molecule has 0 aliphatic carbocycles. The fourth-order valence-corrected chi connectivity index (χ4v) is 1.07. The van der Waals surface area contributed by atoms with Crippen molar-refractivity contribution in [3.8, 4) is 0 Å². The van der Waals surface area contributed by atoms with Crippen LogP contribution in [0.15, 0.2) is 60.7 Å². The summed E-state index contributed by atoms with van der Waals surface area (Å²) in [5.41, 5.74) is 2.64. The van der Waals surface area contributed by atoms with E-state index >= 15 is 0 Å². The van der Waals surface area contributed by atoms with Gasteiger partial charge in [0.15, 0.2) is 0 Å². The van der Waals surface area contributed by atoms with Crippen LogP contribution in [-0.4, -0.2) is 0 Å². The van der Waals surface area contributed by atoms with Crippen molar-refractivity contribution in [2.75, 3.05) is 0 Å². The first-order chi connectivity index (χ1) is 7.79. The van der Waals surface area contributed by atoms with Crippen molar-refractivity contribution >= 4 is 0 Å². The Morgan fingerprint density at radius 3 is 0.727 bits per heavy atom. The van der Waals surface area contributed by atoms with Gasteiger partial charge in [-0.3, -0.25) is 0 Å². The first-order valence-corrected chi connectivity index (χ1v) is 5.82. The minimum atomic E-state index is 0. The summed E-state index contributed by atoms with van der Waals surface area (Å²) in [7, 11) is 0. The third-order valence-corrected chi connectivity index (χ3v) is 1.88. The molecule has 22 heavy (non-hydrogen) atoms. The zero-order chi connectivity index (χ0) is 12.2. The third kappa shape index (κ3) is 28.8. The molecule has 2 radical (unpaired) electrons. The predicted molar refractivity (Wildman–Crippen MR) is 99.4 cm³/mol. The third-order valence-electron chi connectivity index (χ3n) is 1.88. The Labute approximate surface area is 192 Å². The Bertz CT molecular complexity index is 307. The summed E-state index contributed by atoms with van der Waals surface area (Å²) in [5.74, 6) is 0. The molecule has 2 aromatic rings. The molecule has 0 aliphatic rings. The Kier molecular flexibility index (Phi) is 65.6. The molecule has 0 fully saturated rings. The van der Waals surface area contributed by atoms with Crippen LogP contribution in [0.4, 0.5) is 0 Å². The topological polar surface area (TPSA) is 0 Å². The van der Waals surface area contributed by atoms with Crippen molar-refractivity contribution in [1.29, 1.82) is 0 Å². The Hall–Kier alpha value is 0.648. The minimum Gasteiger partial charge on any atom is -0.358 e. The molecule has 124 valence electrons. The SMILES string of the molecule is CC.Cc1ccccc1.Cc1ccccc1.[CH3-].[CH3-].[CH3-].[CH3-].[Y].[Y]. The van der Waals surface area contributed by atoms with Crippen molar-refractivity contribution in [3.05, 3.63) is 101 Å². The van der Waals surface area contributed by atoms with Gasteiger partial charge >= 0.3 is 0 Å². The van der Waals surface area contributed by atoms with Crippen LogP contribution >= 0.6 is 0 Å². The average Bonchev–Trinajstić information content (AvgIpc) is 2.34. The quantitative estimate of drug-likeness (QED) is 0.385. The van der Waals surface area contributed by atoms with Gasteiger partial charge in [0.05, 0.1) is 0 Å². The summed E-state index contributed by atoms with van der Waals surface area (Å²) in [6.45, 7) is 8.17. The fraction of sp³-hybridized carbons (Fsp3) is 0.200. The Balaban J connectivity index is -0.0000000295. The smallest absolute Gasteiger partial charge is 0 e. The predicted octanol–water partition coefficient (Wildman–Crippen LogP) is 6.81. The second-order valence-electron chi connectivity index (χ2n) is 3.31. The van der Waals surface area contributed by atoms with E-state index in [2.05, 4.69) is 38.1 Å². The maximum absolute atomic E-state index is 2.08. The normalized spacial score (nSPS) is 5.82. The molecule has 0 aliphatic heterocycles. The molecular weight excluding hydrogens is 418 g/mol. The Morgan fingerprint density at radius 2 is 0.636 bits per heavy atom. The van der Waals surface area contributed by atoms with Gasteiger partial charge < -0.3 is 29.7 Å². The van der Waals surface area contributed by atoms with E-state index in [4.69, 9.17) is 0 Å². The van der Waals surface area contributed by atoms with Gasteiger partial charge in [0.25, 0.3) is 0 Å². The molecule has 2 aromatic carbocycles. The number of aryl methyl sites for hydroxylation is 2. The molecular formula is C20H34Y2-4. The number of hydrogen-bond acceptors (Lipinski definition) is 0. The van der Waals surface area contributed by atoms with Crippen LogP contribution in [0.3, 0.4) is 0 Å². The number of rotatable bonds is 0. The molecule has 2 rings (SSSR count). The van der Waals surface area contributed by atoms with Gasteiger partial charge in [-0.05, 0) is 13.8 Å². The van der Waals surface area contributed by atoms with E-state index in [0.29, 0.717) is 0 Å². The molecule has 0 nitrogen and oxygen atoms in total. The van der Waals surface area contributed by atoms with E-state index in [1.165, 1.54) is 11.1 Å². The fourth-order valence-electron chi connectivity index (χ4n) is 1.07. The van der Waals surface area contributed by atoms with Gasteiger partial charge in [-0.15, -0.1) is 0 Å². The average molecular weight is 452 g/mol. The minimum absolute atomic E-state index is 0. The van der Waals surface area contributed by atoms with Crippen molar-refractivity contribution < 1.29 is 65.4 Å². The van der Waals surface area contributed by atoms with Gasteiger partial charge in [0.1, 0.15) is 0 Å². The van der Waals surface area contributed by atoms with Gasteiger partial charge in [0.2, 0.25) is 0 Å². The van der Waals surface area contributed by atoms with Gasteiger partial charge in [-0.1, -0.05) is 85.6 Å². The van der Waals surface area contributed by atoms with E-state index in [9.17, 15) is 0 Å². The van der Waals surface area contributed by atoms with Gasteiger partial charge in [-0.2, -0.15) is 0 Å². The molecule has 0 atom stereocenters. The first-order valence-electron chi connectivity index (χ1n) is 5.82. The summed E-state index contributed by atoms with van der Waals surface area (Å²) in [4.78, 5) is 0. The summed E-state index contributed by atoms with van der Waals surface area (Å²) < 4.78 is 0. The Morgan fingerprint density at radius 1 is 0.455 bits per heavy atom. The van der Waals surface area contributed by atoms with Crippen molar-refractivity contribution in [2.45, 2.75) is 27.7 Å². The maximum atomic E-state index is 2.08. The van der Waals surface area contributed by atoms with Crippen molar-refractivity contribution in [1.82, 2.24) is 0 Å². The monoisotopic (exact) mass is 452 g/mol. The van der Waals surface area contributed by atoms with Gasteiger partial charge in [0, 0.05) is 65.4 Å². The summed E-state index contributed by atoms with van der Waals surface area (Å²) in [5, 5.41) is 0. The van der Waals surface area contributed by atoms with E-state index in [1.54, 1.807) is 0 Å². The molecule has 0 N–H and O–H groups in total. The summed E-state index contributed by atoms with van der Waals surface area (Å²) >= 11 is 0. The molecule has 0 bridgehead atoms. The number of benzene rings is 2. The second-order valence-corrected chi connectivity index (χ2v) is 3.31. The van der Waals surface area contributed by atoms with Crippen LogP contribution in [0.1, 0.15) is 25.0 Å². The molecule has 0 heterocycles. The summed E-state index contributed by atoms with van der Waals surface area (Å²) in [6.07, 6.45) is 0. The number of hydrogen-bond donors (Lipinski definition) is 0. The van der Waals surface area contributed by atoms with E-state index < -0.39 is 0 Å². The zero-order valence-electron chi connectivity index (χ0n) is 15.9. The van der Waals surface area contributed by atoms with E-state index in [1.807, 2.05) is 50.2 Å². The van der Waals surface area contributed by atoms with Gasteiger partial charge in [-0.25, -0.2) is 0 Å². The van der Waals surface area contributed by atoms with E-state index in [0.717, 1.165) is 0 Å². The molecule has 0 aromatic heterocycles. The van der Waals surface area contributed by atoms with Crippen LogP contribution in [0.2, 0.25) is 0 Å². The summed E-state index contributed by atoms with van der Waals surface area (Å²) in [6, 6.07) is 20.5. The van der Waals surface area contributed by atoms with Crippen LogP contribution in [-0.2, 0) is 65.4 Å². The second kappa shape index (κ2) is 33.3. The van der Waals surface area contributed by atoms with Crippen molar-refractivity contribution in [2.24, 2.45) is 0 Å². The van der Waals surface area contributed by atoms with Crippen molar-refractivity contribution in [3.63, 3.8) is 0 Å². The first kappa shape index (κ1) is 43.3. The standard InChI is InChI=1S/2C7H8.C2H6.4CH3.2Y/c2*1-7-5-3-2-4-6-7;1-2;;;;;;/h2*2-6H,1H3;1-2H3;4*1H3;;/q;;;4*-1;;. The molecule has 0 unspecified atom stereocenters. The molecule has 2 heteroatoms.